The fourth-order valence-corrected chi connectivity index (χ4v) is 1.13. The molecular formula is C10H8F3NO2. The second-order valence-corrected chi connectivity index (χ2v) is 3.01. The zero-order valence-electron chi connectivity index (χ0n) is 8.03. The van der Waals surface area contributed by atoms with Crippen molar-refractivity contribution < 1.29 is 23.1 Å². The first kappa shape index (κ1) is 12.2. The van der Waals surface area contributed by atoms with Crippen molar-refractivity contribution in [2.45, 2.75) is 12.6 Å². The maximum Gasteiger partial charge on any atom is 0.393 e. The van der Waals surface area contributed by atoms with E-state index in [1.807, 2.05) is 0 Å². The Morgan fingerprint density at radius 2 is 2.12 bits per heavy atom. The van der Waals surface area contributed by atoms with Gasteiger partial charge in [-0.05, 0) is 17.7 Å². The Bertz CT molecular complexity index is 398. The van der Waals surface area contributed by atoms with Gasteiger partial charge in [-0.15, -0.1) is 0 Å². The van der Waals surface area contributed by atoms with Crippen LogP contribution in [0.15, 0.2) is 30.5 Å². The summed E-state index contributed by atoms with van der Waals surface area (Å²) in [5.74, 6) is -1.43. The molecule has 1 rings (SSSR count). The molecule has 1 N–H and O–H groups in total. The molecule has 0 radical (unpaired) electrons. The third kappa shape index (κ3) is 4.12. The minimum absolute atomic E-state index is 0.0159. The Balaban J connectivity index is 3.03. The molecule has 0 saturated carbocycles. The summed E-state index contributed by atoms with van der Waals surface area (Å²) in [4.78, 5) is 14.1. The van der Waals surface area contributed by atoms with Crippen LogP contribution in [0, 0.1) is 0 Å². The van der Waals surface area contributed by atoms with Gasteiger partial charge in [-0.3, -0.25) is 4.98 Å². The van der Waals surface area contributed by atoms with E-state index in [2.05, 4.69) is 4.98 Å². The normalized spacial score (nSPS) is 12.6. The number of alkyl halides is 3. The fraction of sp³-hybridized carbons (Fsp3) is 0.200. The lowest BCUT2D eigenvalue weighted by Gasteiger charge is -2.09. The number of hydrogen-bond donors (Lipinski definition) is 1. The summed E-state index contributed by atoms with van der Waals surface area (Å²) in [6.45, 7) is 0. The van der Waals surface area contributed by atoms with E-state index in [0.29, 0.717) is 6.08 Å². The molecule has 1 heterocycles. The maximum atomic E-state index is 12.2. The lowest BCUT2D eigenvalue weighted by Crippen LogP contribution is -2.09. The van der Waals surface area contributed by atoms with Gasteiger partial charge in [0.2, 0.25) is 0 Å². The van der Waals surface area contributed by atoms with E-state index in [0.717, 1.165) is 0 Å². The van der Waals surface area contributed by atoms with Gasteiger partial charge in [0.05, 0.1) is 12.1 Å². The number of allylic oxidation sites excluding steroid dienone is 1. The Morgan fingerprint density at radius 3 is 2.56 bits per heavy atom. The van der Waals surface area contributed by atoms with Crippen molar-refractivity contribution in [3.63, 3.8) is 0 Å². The van der Waals surface area contributed by atoms with Gasteiger partial charge < -0.3 is 5.11 Å². The topological polar surface area (TPSA) is 50.2 Å². The van der Waals surface area contributed by atoms with E-state index in [4.69, 9.17) is 5.11 Å². The van der Waals surface area contributed by atoms with E-state index in [-0.39, 0.29) is 11.3 Å². The average Bonchev–Trinajstić information content (AvgIpc) is 2.15. The summed E-state index contributed by atoms with van der Waals surface area (Å²) < 4.78 is 36.5. The third-order valence-corrected chi connectivity index (χ3v) is 1.68. The minimum Gasteiger partial charge on any atom is -0.478 e. The number of halogens is 3. The van der Waals surface area contributed by atoms with Crippen LogP contribution in [0.5, 0.6) is 0 Å². The molecule has 1 aromatic heterocycles. The van der Waals surface area contributed by atoms with Gasteiger partial charge in [-0.2, -0.15) is 13.2 Å². The number of hydrogen-bond acceptors (Lipinski definition) is 2. The van der Waals surface area contributed by atoms with Gasteiger partial charge in [-0.25, -0.2) is 4.79 Å². The van der Waals surface area contributed by atoms with Gasteiger partial charge in [0.15, 0.2) is 0 Å². The molecule has 0 spiro atoms. The molecule has 0 bridgehead atoms. The summed E-state index contributed by atoms with van der Waals surface area (Å²) in [5.41, 5.74) is -0.345. The Kier molecular flexibility index (Phi) is 3.65. The number of rotatable bonds is 3. The standard InChI is InChI=1S/C10H8F3NO2/c11-10(12,13)6-7(5-9(15)16)8-3-1-2-4-14-8/h1-5H,6H2,(H,15,16)/b7-5+. The highest BCUT2D eigenvalue weighted by Crippen LogP contribution is 2.29. The molecule has 0 aliphatic carbocycles. The van der Waals surface area contributed by atoms with Crippen molar-refractivity contribution >= 4 is 11.5 Å². The molecule has 0 fully saturated rings. The molecule has 0 saturated heterocycles. The van der Waals surface area contributed by atoms with E-state index < -0.39 is 18.6 Å². The second-order valence-electron chi connectivity index (χ2n) is 3.01. The van der Waals surface area contributed by atoms with Gasteiger partial charge in [0, 0.05) is 12.3 Å². The maximum absolute atomic E-state index is 12.2. The number of pyridine rings is 1. The first-order valence-corrected chi connectivity index (χ1v) is 4.30. The zero-order valence-corrected chi connectivity index (χ0v) is 8.03. The van der Waals surface area contributed by atoms with Crippen molar-refractivity contribution in [3.05, 3.63) is 36.2 Å². The highest BCUT2D eigenvalue weighted by Gasteiger charge is 2.30. The highest BCUT2D eigenvalue weighted by molar-refractivity contribution is 5.89. The first-order chi connectivity index (χ1) is 7.38. The van der Waals surface area contributed by atoms with Gasteiger partial charge in [0.25, 0.3) is 0 Å². The SMILES string of the molecule is O=C(O)/C=C(\CC(F)(F)F)c1ccccn1. The molecule has 0 unspecified atom stereocenters. The van der Waals surface area contributed by atoms with Crippen LogP contribution in [0.25, 0.3) is 5.57 Å². The first-order valence-electron chi connectivity index (χ1n) is 4.30. The van der Waals surface area contributed by atoms with Crippen molar-refractivity contribution in [1.82, 2.24) is 4.98 Å². The summed E-state index contributed by atoms with van der Waals surface area (Å²) in [6, 6.07) is 4.37. The molecule has 0 amide bonds. The second kappa shape index (κ2) is 4.78. The third-order valence-electron chi connectivity index (χ3n) is 1.68. The predicted octanol–water partition coefficient (Wildman–Crippen LogP) is 2.50. The zero-order chi connectivity index (χ0) is 12.2. The van der Waals surface area contributed by atoms with Crippen molar-refractivity contribution in [2.24, 2.45) is 0 Å². The number of carboxylic acid groups (broad SMARTS) is 1. The van der Waals surface area contributed by atoms with Crippen LogP contribution in [-0.2, 0) is 4.79 Å². The van der Waals surface area contributed by atoms with Crippen LogP contribution in [0.1, 0.15) is 12.1 Å². The minimum atomic E-state index is -4.46. The molecule has 3 nitrogen and oxygen atoms in total. The molecule has 1 aromatic rings. The van der Waals surface area contributed by atoms with E-state index in [9.17, 15) is 18.0 Å². The molecule has 0 aliphatic heterocycles. The van der Waals surface area contributed by atoms with Crippen molar-refractivity contribution in [1.29, 1.82) is 0 Å². The smallest absolute Gasteiger partial charge is 0.393 e. The molecule has 86 valence electrons. The van der Waals surface area contributed by atoms with E-state index >= 15 is 0 Å². The summed E-state index contributed by atoms with van der Waals surface area (Å²) in [5, 5.41) is 8.47. The molecular weight excluding hydrogens is 223 g/mol. The number of carboxylic acids is 1. The quantitative estimate of drug-likeness (QED) is 0.813. The van der Waals surface area contributed by atoms with Crippen LogP contribution >= 0.6 is 0 Å². The number of aromatic nitrogens is 1. The molecule has 6 heteroatoms. The Labute approximate surface area is 89.2 Å². The van der Waals surface area contributed by atoms with E-state index in [1.165, 1.54) is 24.4 Å². The lowest BCUT2D eigenvalue weighted by atomic mass is 10.1. The van der Waals surface area contributed by atoms with Crippen molar-refractivity contribution in [2.75, 3.05) is 0 Å². The predicted molar refractivity (Wildman–Crippen MR) is 50.5 cm³/mol. The van der Waals surface area contributed by atoms with Gasteiger partial charge in [0.1, 0.15) is 0 Å². The highest BCUT2D eigenvalue weighted by atomic mass is 19.4. The van der Waals surface area contributed by atoms with E-state index in [1.54, 1.807) is 0 Å². The lowest BCUT2D eigenvalue weighted by molar-refractivity contribution is -0.131. The Hall–Kier alpha value is -1.85. The summed E-state index contributed by atoms with van der Waals surface area (Å²) in [6.07, 6.45) is -3.94. The van der Waals surface area contributed by atoms with Gasteiger partial charge in [-0.1, -0.05) is 6.07 Å². The largest absolute Gasteiger partial charge is 0.478 e. The molecule has 0 aromatic carbocycles. The monoisotopic (exact) mass is 231 g/mol. The number of nitrogens with zero attached hydrogens (tertiary/aromatic N) is 1. The Morgan fingerprint density at radius 1 is 1.44 bits per heavy atom. The van der Waals surface area contributed by atoms with Gasteiger partial charge >= 0.3 is 12.1 Å². The average molecular weight is 231 g/mol. The van der Waals surface area contributed by atoms with Crippen LogP contribution in [-0.4, -0.2) is 22.2 Å². The molecule has 0 aliphatic rings. The summed E-state index contributed by atoms with van der Waals surface area (Å²) >= 11 is 0. The van der Waals surface area contributed by atoms with Crippen LogP contribution in [0.2, 0.25) is 0 Å². The number of carbonyl (C=O) groups is 1. The van der Waals surface area contributed by atoms with Crippen LogP contribution in [0.4, 0.5) is 13.2 Å². The summed E-state index contributed by atoms with van der Waals surface area (Å²) in [7, 11) is 0. The van der Waals surface area contributed by atoms with Crippen LogP contribution < -0.4 is 0 Å². The van der Waals surface area contributed by atoms with Crippen LogP contribution in [0.3, 0.4) is 0 Å². The molecule has 16 heavy (non-hydrogen) atoms. The van der Waals surface area contributed by atoms with Crippen molar-refractivity contribution in [3.8, 4) is 0 Å². The number of aliphatic carboxylic acids is 1. The molecule has 0 atom stereocenters. The fourth-order valence-electron chi connectivity index (χ4n) is 1.13.